The van der Waals surface area contributed by atoms with E-state index in [0.29, 0.717) is 18.3 Å². The van der Waals surface area contributed by atoms with Gasteiger partial charge in [0.05, 0.1) is 12.2 Å². The fourth-order valence-corrected chi connectivity index (χ4v) is 3.71. The van der Waals surface area contributed by atoms with Gasteiger partial charge in [-0.2, -0.15) is 5.10 Å². The summed E-state index contributed by atoms with van der Waals surface area (Å²) >= 11 is 0. The molecule has 1 saturated heterocycles. The molecule has 0 radical (unpaired) electrons. The van der Waals surface area contributed by atoms with Crippen molar-refractivity contribution in [2.24, 2.45) is 13.0 Å². The molecule has 4 heterocycles. The van der Waals surface area contributed by atoms with Crippen LogP contribution in [-0.2, 0) is 20.1 Å². The largest absolute Gasteiger partial charge is 0.318 e. The number of nitrogens with zero attached hydrogens (tertiary/aromatic N) is 6. The Morgan fingerprint density at radius 3 is 2.46 bits per heavy atom. The van der Waals surface area contributed by atoms with E-state index in [2.05, 4.69) is 15.1 Å². The maximum atomic E-state index is 12.2. The maximum absolute atomic E-state index is 12.2. The molecule has 1 aliphatic rings. The van der Waals surface area contributed by atoms with Crippen LogP contribution in [0.15, 0.2) is 46.1 Å². The van der Waals surface area contributed by atoms with Crippen LogP contribution in [0, 0.1) is 19.8 Å². The van der Waals surface area contributed by atoms with Crippen LogP contribution in [0.4, 0.5) is 0 Å². The van der Waals surface area contributed by atoms with Crippen molar-refractivity contribution in [1.82, 2.24) is 29.0 Å². The molecule has 3 aromatic heterocycles. The third kappa shape index (κ3) is 3.68. The number of hydrogen-bond acceptors (Lipinski definition) is 5. The van der Waals surface area contributed by atoms with E-state index < -0.39 is 0 Å². The van der Waals surface area contributed by atoms with E-state index >= 15 is 0 Å². The van der Waals surface area contributed by atoms with Crippen molar-refractivity contribution in [3.63, 3.8) is 0 Å². The van der Waals surface area contributed by atoms with Crippen molar-refractivity contribution in [3.05, 3.63) is 74.2 Å². The van der Waals surface area contributed by atoms with Crippen LogP contribution in [0.3, 0.4) is 0 Å². The van der Waals surface area contributed by atoms with E-state index in [-0.39, 0.29) is 11.1 Å². The Hall–Kier alpha value is -3.00. The molecule has 3 aromatic rings. The van der Waals surface area contributed by atoms with Gasteiger partial charge in [0.25, 0.3) is 5.56 Å². The monoisotopic (exact) mass is 380 g/mol. The van der Waals surface area contributed by atoms with Crippen LogP contribution < -0.4 is 11.1 Å². The zero-order chi connectivity index (χ0) is 19.8. The smallest absolute Gasteiger partial charge is 0.266 e. The number of hydrogen-bond donors (Lipinski definition) is 0. The second kappa shape index (κ2) is 7.20. The molecule has 0 saturated carbocycles. The molecule has 1 aliphatic heterocycles. The fourth-order valence-electron chi connectivity index (χ4n) is 3.71. The molecule has 1 fully saturated rings. The lowest BCUT2D eigenvalue weighted by Gasteiger charge is -2.39. The molecule has 0 spiro atoms. The third-order valence-corrected chi connectivity index (χ3v) is 5.10. The van der Waals surface area contributed by atoms with Crippen LogP contribution in [0.5, 0.6) is 0 Å². The van der Waals surface area contributed by atoms with E-state index in [1.165, 1.54) is 0 Å². The lowest BCUT2D eigenvalue weighted by atomic mass is 9.99. The molecular weight excluding hydrogens is 356 g/mol. The average Bonchev–Trinajstić information content (AvgIpc) is 2.96. The van der Waals surface area contributed by atoms with Gasteiger partial charge >= 0.3 is 0 Å². The molecular formula is C20H24N6O2. The van der Waals surface area contributed by atoms with Crippen molar-refractivity contribution in [3.8, 4) is 5.82 Å². The second-order valence-corrected chi connectivity index (χ2v) is 7.60. The molecule has 0 aliphatic carbocycles. The highest BCUT2D eigenvalue weighted by molar-refractivity contribution is 5.23. The van der Waals surface area contributed by atoms with Gasteiger partial charge in [-0.05, 0) is 31.5 Å². The minimum atomic E-state index is -0.0956. The molecule has 28 heavy (non-hydrogen) atoms. The van der Waals surface area contributed by atoms with Gasteiger partial charge in [0.2, 0.25) is 5.56 Å². The summed E-state index contributed by atoms with van der Waals surface area (Å²) in [6.07, 6.45) is 1.87. The summed E-state index contributed by atoms with van der Waals surface area (Å²) < 4.78 is 4.90. The predicted molar refractivity (Wildman–Crippen MR) is 106 cm³/mol. The zero-order valence-electron chi connectivity index (χ0n) is 16.4. The van der Waals surface area contributed by atoms with Crippen molar-refractivity contribution in [1.29, 1.82) is 0 Å². The Kier molecular flexibility index (Phi) is 4.72. The van der Waals surface area contributed by atoms with Gasteiger partial charge in [-0.1, -0.05) is 6.07 Å². The predicted octanol–water partition coefficient (Wildman–Crippen LogP) is 0.877. The van der Waals surface area contributed by atoms with Crippen LogP contribution in [0.2, 0.25) is 0 Å². The third-order valence-electron chi connectivity index (χ3n) is 5.10. The first-order valence-electron chi connectivity index (χ1n) is 9.39. The molecule has 4 rings (SSSR count). The van der Waals surface area contributed by atoms with Crippen molar-refractivity contribution in [2.75, 3.05) is 13.1 Å². The molecule has 0 bridgehead atoms. The molecule has 8 heteroatoms. The van der Waals surface area contributed by atoms with Crippen LogP contribution in [0.1, 0.15) is 17.0 Å². The number of rotatable bonds is 5. The Morgan fingerprint density at radius 2 is 1.79 bits per heavy atom. The van der Waals surface area contributed by atoms with E-state index in [4.69, 9.17) is 0 Å². The summed E-state index contributed by atoms with van der Waals surface area (Å²) in [6, 6.07) is 8.73. The topological polar surface area (TPSA) is 78.0 Å². The summed E-state index contributed by atoms with van der Waals surface area (Å²) in [5, 5.41) is 8.96. The summed E-state index contributed by atoms with van der Waals surface area (Å²) in [6.45, 7) is 7.12. The number of aryl methyl sites for hydroxylation is 3. The highest BCUT2D eigenvalue weighted by atomic mass is 16.1. The normalized spacial score (nSPS) is 15.0. The van der Waals surface area contributed by atoms with Crippen LogP contribution >= 0.6 is 0 Å². The van der Waals surface area contributed by atoms with E-state index in [1.54, 1.807) is 39.2 Å². The first-order chi connectivity index (χ1) is 13.4. The SMILES string of the molecule is Cc1cc(C)n(-c2ccc(=O)n(CC3CN(Cc4ccc(=O)n(C)c4)C3)n2)n1. The molecule has 0 N–H and O–H groups in total. The molecule has 0 aromatic carbocycles. The summed E-state index contributed by atoms with van der Waals surface area (Å²) in [5.41, 5.74) is 2.93. The van der Waals surface area contributed by atoms with Gasteiger partial charge in [-0.25, -0.2) is 9.36 Å². The van der Waals surface area contributed by atoms with Gasteiger partial charge in [0.1, 0.15) is 0 Å². The van der Waals surface area contributed by atoms with E-state index in [1.807, 2.05) is 32.2 Å². The van der Waals surface area contributed by atoms with Gasteiger partial charge in [0, 0.05) is 56.6 Å². The molecule has 146 valence electrons. The lowest BCUT2D eigenvalue weighted by molar-refractivity contribution is 0.0764. The van der Waals surface area contributed by atoms with Crippen LogP contribution in [-0.4, -0.2) is 42.1 Å². The second-order valence-electron chi connectivity index (χ2n) is 7.60. The lowest BCUT2D eigenvalue weighted by Crippen LogP contribution is -2.49. The van der Waals surface area contributed by atoms with Crippen molar-refractivity contribution >= 4 is 0 Å². The summed E-state index contributed by atoms with van der Waals surface area (Å²) in [5.74, 6) is 1.04. The number of aromatic nitrogens is 5. The first-order valence-corrected chi connectivity index (χ1v) is 9.39. The Balaban J connectivity index is 1.41. The Labute approximate surface area is 162 Å². The van der Waals surface area contributed by atoms with Crippen molar-refractivity contribution in [2.45, 2.75) is 26.9 Å². The zero-order valence-corrected chi connectivity index (χ0v) is 16.4. The average molecular weight is 380 g/mol. The molecule has 8 nitrogen and oxygen atoms in total. The summed E-state index contributed by atoms with van der Waals surface area (Å²) in [4.78, 5) is 26.0. The minimum Gasteiger partial charge on any atom is -0.318 e. The van der Waals surface area contributed by atoms with Gasteiger partial charge in [0.15, 0.2) is 5.82 Å². The molecule has 0 amide bonds. The first kappa shape index (κ1) is 18.4. The molecule has 0 unspecified atom stereocenters. The number of pyridine rings is 1. The van der Waals surface area contributed by atoms with Gasteiger partial charge < -0.3 is 4.57 Å². The number of likely N-dealkylation sites (tertiary alicyclic amines) is 1. The fraction of sp³-hybridized carbons (Fsp3) is 0.400. The van der Waals surface area contributed by atoms with E-state index in [9.17, 15) is 9.59 Å². The highest BCUT2D eigenvalue weighted by Crippen LogP contribution is 2.19. The molecule has 0 atom stereocenters. The van der Waals surface area contributed by atoms with Gasteiger partial charge in [-0.3, -0.25) is 14.5 Å². The maximum Gasteiger partial charge on any atom is 0.266 e. The highest BCUT2D eigenvalue weighted by Gasteiger charge is 2.27. The van der Waals surface area contributed by atoms with Crippen molar-refractivity contribution < 1.29 is 0 Å². The standard InChI is InChI=1S/C20H24N6O2/c1-14-8-15(2)26(21-14)18-5-7-20(28)25(22-18)13-17-11-24(12-17)10-16-4-6-19(27)23(3)9-16/h4-9,17H,10-13H2,1-3H3. The quantitative estimate of drug-likeness (QED) is 0.657. The van der Waals surface area contributed by atoms with Crippen LogP contribution in [0.25, 0.3) is 5.82 Å². The minimum absolute atomic E-state index is 0.00169. The Bertz CT molecular complexity index is 1120. The Morgan fingerprint density at radius 1 is 1.04 bits per heavy atom. The summed E-state index contributed by atoms with van der Waals surface area (Å²) in [7, 11) is 1.76. The van der Waals surface area contributed by atoms with Gasteiger partial charge in [-0.15, -0.1) is 5.10 Å². The van der Waals surface area contributed by atoms with E-state index in [0.717, 1.165) is 36.6 Å².